The van der Waals surface area contributed by atoms with E-state index in [1.165, 1.54) is 109 Å². The molecule has 0 aromatic heterocycles. The summed E-state index contributed by atoms with van der Waals surface area (Å²) in [4.78, 5) is 0. The average molecular weight is 673 g/mol. The van der Waals surface area contributed by atoms with Crippen LogP contribution < -0.4 is 0 Å². The Morgan fingerprint density at radius 2 is 0.774 bits per heavy atom. The van der Waals surface area contributed by atoms with Crippen molar-refractivity contribution in [1.29, 1.82) is 0 Å². The van der Waals surface area contributed by atoms with Gasteiger partial charge in [0.15, 0.2) is 0 Å². The third-order valence-electron chi connectivity index (χ3n) is 12.0. The van der Waals surface area contributed by atoms with E-state index < -0.39 is 0 Å². The fourth-order valence-corrected chi connectivity index (χ4v) is 9.31. The molecule has 0 fully saturated rings. The smallest absolute Gasteiger partial charge is 0.0159 e. The minimum atomic E-state index is -0.0974. The van der Waals surface area contributed by atoms with Crippen LogP contribution in [-0.4, -0.2) is 0 Å². The molecule has 0 unspecified atom stereocenters. The van der Waals surface area contributed by atoms with E-state index in [1.54, 1.807) is 0 Å². The van der Waals surface area contributed by atoms with E-state index in [2.05, 4.69) is 196 Å². The summed E-state index contributed by atoms with van der Waals surface area (Å²) in [6.45, 7) is 4.78. The van der Waals surface area contributed by atoms with Gasteiger partial charge >= 0.3 is 0 Å². The maximum Gasteiger partial charge on any atom is 0.0159 e. The molecule has 10 aromatic rings. The van der Waals surface area contributed by atoms with Crippen molar-refractivity contribution in [3.05, 3.63) is 193 Å². The SMILES string of the molecule is CC1(C)c2ccc3ccccc3c2-c2c1cc(-c1ccc(-c3ccc4cc(-c5cc6ccccc6c6ccccc56)ccc4c3)cc1)c1ccccc21. The zero-order chi connectivity index (χ0) is 35.3. The van der Waals surface area contributed by atoms with Crippen LogP contribution in [0.2, 0.25) is 0 Å². The molecule has 248 valence electrons. The molecule has 1 aliphatic rings. The largest absolute Gasteiger partial charge is 0.0616 e. The van der Waals surface area contributed by atoms with Crippen LogP contribution in [0.3, 0.4) is 0 Å². The summed E-state index contributed by atoms with van der Waals surface area (Å²) in [5.41, 5.74) is 13.0. The predicted molar refractivity (Wildman–Crippen MR) is 228 cm³/mol. The van der Waals surface area contributed by atoms with Crippen molar-refractivity contribution in [1.82, 2.24) is 0 Å². The molecule has 0 N–H and O–H groups in total. The Morgan fingerprint density at radius 1 is 0.283 bits per heavy atom. The van der Waals surface area contributed by atoms with Gasteiger partial charge in [0.25, 0.3) is 0 Å². The highest BCUT2D eigenvalue weighted by Gasteiger charge is 2.38. The van der Waals surface area contributed by atoms with Crippen molar-refractivity contribution in [2.24, 2.45) is 0 Å². The second-order valence-electron chi connectivity index (χ2n) is 15.3. The molecular formula is C53H36. The maximum absolute atomic E-state index is 2.48. The van der Waals surface area contributed by atoms with Crippen LogP contribution in [0.25, 0.3) is 98.4 Å². The Labute approximate surface area is 309 Å². The summed E-state index contributed by atoms with van der Waals surface area (Å²) in [6.07, 6.45) is 0. The van der Waals surface area contributed by atoms with Crippen molar-refractivity contribution in [2.75, 3.05) is 0 Å². The maximum atomic E-state index is 2.48. The highest BCUT2D eigenvalue weighted by molar-refractivity contribution is 6.15. The van der Waals surface area contributed by atoms with Crippen molar-refractivity contribution in [2.45, 2.75) is 19.3 Å². The Morgan fingerprint density at radius 3 is 1.53 bits per heavy atom. The van der Waals surface area contributed by atoms with Gasteiger partial charge in [-0.1, -0.05) is 172 Å². The third kappa shape index (κ3) is 4.49. The minimum Gasteiger partial charge on any atom is -0.0616 e. The first kappa shape index (κ1) is 30.2. The van der Waals surface area contributed by atoms with Crippen molar-refractivity contribution in [3.8, 4) is 44.5 Å². The van der Waals surface area contributed by atoms with Gasteiger partial charge in [-0.2, -0.15) is 0 Å². The van der Waals surface area contributed by atoms with E-state index in [1.807, 2.05) is 0 Å². The van der Waals surface area contributed by atoms with Crippen LogP contribution in [-0.2, 0) is 5.41 Å². The van der Waals surface area contributed by atoms with Gasteiger partial charge in [0.2, 0.25) is 0 Å². The third-order valence-corrected chi connectivity index (χ3v) is 12.0. The Balaban J connectivity index is 0.981. The lowest BCUT2D eigenvalue weighted by atomic mass is 9.80. The molecule has 0 aliphatic heterocycles. The molecule has 0 amide bonds. The molecule has 11 rings (SSSR count). The van der Waals surface area contributed by atoms with Gasteiger partial charge in [-0.15, -0.1) is 0 Å². The Hall–Kier alpha value is -6.50. The number of hydrogen-bond donors (Lipinski definition) is 0. The van der Waals surface area contributed by atoms with Crippen molar-refractivity contribution < 1.29 is 0 Å². The molecule has 10 aromatic carbocycles. The molecule has 0 atom stereocenters. The standard InChI is InChI=1S/C53H36/c1-53(2)49-28-27-34-11-3-6-14-42(34)51(49)52-46-18-10-9-17-45(46)48(32-50(52)53)35-21-19-33(20-22-35)36-23-24-38-30-40(26-25-37(38)29-36)47-31-39-12-4-5-13-41(39)43-15-7-8-16-44(43)47/h3-32H,1-2H3. The lowest BCUT2D eigenvalue weighted by Crippen LogP contribution is -2.15. The van der Waals surface area contributed by atoms with Crippen LogP contribution in [0.5, 0.6) is 0 Å². The molecule has 1 aliphatic carbocycles. The van der Waals surface area contributed by atoms with E-state index in [0.29, 0.717) is 0 Å². The molecule has 0 saturated heterocycles. The zero-order valence-corrected chi connectivity index (χ0v) is 29.8. The summed E-state index contributed by atoms with van der Waals surface area (Å²) in [5.74, 6) is 0. The molecule has 0 radical (unpaired) electrons. The van der Waals surface area contributed by atoms with Gasteiger partial charge in [0.1, 0.15) is 0 Å². The van der Waals surface area contributed by atoms with E-state index >= 15 is 0 Å². The van der Waals surface area contributed by atoms with E-state index in [0.717, 1.165) is 0 Å². The Bertz CT molecular complexity index is 3120. The normalized spacial score (nSPS) is 13.2. The molecular weight excluding hydrogens is 637 g/mol. The monoisotopic (exact) mass is 672 g/mol. The van der Waals surface area contributed by atoms with Crippen molar-refractivity contribution in [3.63, 3.8) is 0 Å². The molecule has 0 heterocycles. The summed E-state index contributed by atoms with van der Waals surface area (Å²) in [7, 11) is 0. The summed E-state index contributed by atoms with van der Waals surface area (Å²) in [5, 5.41) is 12.9. The summed E-state index contributed by atoms with van der Waals surface area (Å²) in [6, 6.07) is 67.8. The van der Waals surface area contributed by atoms with Gasteiger partial charge in [0, 0.05) is 5.41 Å². The first-order valence-corrected chi connectivity index (χ1v) is 18.7. The second kappa shape index (κ2) is 11.2. The summed E-state index contributed by atoms with van der Waals surface area (Å²) < 4.78 is 0. The van der Waals surface area contributed by atoms with Gasteiger partial charge in [0.05, 0.1) is 0 Å². The number of hydrogen-bond acceptors (Lipinski definition) is 0. The van der Waals surface area contributed by atoms with E-state index in [9.17, 15) is 0 Å². The van der Waals surface area contributed by atoms with E-state index in [-0.39, 0.29) is 5.41 Å². The lowest BCUT2D eigenvalue weighted by Gasteiger charge is -2.23. The van der Waals surface area contributed by atoms with Crippen LogP contribution in [0, 0.1) is 0 Å². The quantitative estimate of drug-likeness (QED) is 0.164. The van der Waals surface area contributed by atoms with Crippen molar-refractivity contribution >= 4 is 53.9 Å². The van der Waals surface area contributed by atoms with E-state index in [4.69, 9.17) is 0 Å². The van der Waals surface area contributed by atoms with Gasteiger partial charge in [-0.25, -0.2) is 0 Å². The molecule has 0 spiro atoms. The fourth-order valence-electron chi connectivity index (χ4n) is 9.31. The topological polar surface area (TPSA) is 0 Å². The number of fused-ring (bicyclic) bond motifs is 11. The Kier molecular flexibility index (Phi) is 6.40. The van der Waals surface area contributed by atoms with Gasteiger partial charge in [-0.05, 0) is 134 Å². The highest BCUT2D eigenvalue weighted by atomic mass is 14.4. The molecule has 53 heavy (non-hydrogen) atoms. The first-order valence-electron chi connectivity index (χ1n) is 18.7. The number of rotatable bonds is 3. The lowest BCUT2D eigenvalue weighted by molar-refractivity contribution is 0.661. The molecule has 0 bridgehead atoms. The van der Waals surface area contributed by atoms with Crippen LogP contribution in [0.15, 0.2) is 182 Å². The molecule has 0 nitrogen and oxygen atoms in total. The predicted octanol–water partition coefficient (Wildman–Crippen LogP) is 14.8. The molecule has 0 heteroatoms. The summed E-state index contributed by atoms with van der Waals surface area (Å²) >= 11 is 0. The van der Waals surface area contributed by atoms with Crippen LogP contribution in [0.4, 0.5) is 0 Å². The van der Waals surface area contributed by atoms with Crippen LogP contribution in [0.1, 0.15) is 25.0 Å². The molecule has 0 saturated carbocycles. The highest BCUT2D eigenvalue weighted by Crippen LogP contribution is 2.55. The van der Waals surface area contributed by atoms with Gasteiger partial charge in [-0.3, -0.25) is 0 Å². The fraction of sp³-hybridized carbons (Fsp3) is 0.0566. The zero-order valence-electron chi connectivity index (χ0n) is 29.8. The first-order chi connectivity index (χ1) is 26.0. The number of benzene rings is 10. The minimum absolute atomic E-state index is 0.0974. The second-order valence-corrected chi connectivity index (χ2v) is 15.3. The average Bonchev–Trinajstić information content (AvgIpc) is 3.46. The van der Waals surface area contributed by atoms with Crippen LogP contribution >= 0.6 is 0 Å². The van der Waals surface area contributed by atoms with Gasteiger partial charge < -0.3 is 0 Å².